The molecule has 3 nitrogen and oxygen atoms in total. The van der Waals surface area contributed by atoms with E-state index in [1.807, 2.05) is 47.2 Å². The fourth-order valence-corrected chi connectivity index (χ4v) is 2.29. The summed E-state index contributed by atoms with van der Waals surface area (Å²) in [6.07, 6.45) is 5.43. The molecule has 0 radical (unpaired) electrons. The number of fused-ring (bicyclic) bond motifs is 1. The maximum absolute atomic E-state index is 6.36. The Labute approximate surface area is 116 Å². The van der Waals surface area contributed by atoms with Gasteiger partial charge in [0, 0.05) is 17.8 Å². The third-order valence-electron chi connectivity index (χ3n) is 2.99. The van der Waals surface area contributed by atoms with Crippen LogP contribution in [0.15, 0.2) is 55.1 Å². The quantitative estimate of drug-likeness (QED) is 0.723. The molecule has 0 atom stereocenters. The second kappa shape index (κ2) is 5.33. The molecule has 1 aromatic heterocycles. The Morgan fingerprint density at radius 2 is 2.05 bits per heavy atom. The van der Waals surface area contributed by atoms with Crippen molar-refractivity contribution in [2.24, 2.45) is 0 Å². The van der Waals surface area contributed by atoms with E-state index in [1.54, 1.807) is 12.5 Å². The van der Waals surface area contributed by atoms with Crippen molar-refractivity contribution >= 4 is 22.4 Å². The minimum absolute atomic E-state index is 0.564. The summed E-state index contributed by atoms with van der Waals surface area (Å²) in [5, 5.41) is 2.81. The molecular weight excluding hydrogens is 260 g/mol. The summed E-state index contributed by atoms with van der Waals surface area (Å²) < 4.78 is 7.70. The summed E-state index contributed by atoms with van der Waals surface area (Å²) in [5.74, 6) is 0.723. The minimum Gasteiger partial charge on any atom is -0.490 e. The first-order chi connectivity index (χ1) is 9.34. The van der Waals surface area contributed by atoms with Crippen LogP contribution < -0.4 is 4.74 Å². The molecule has 0 aliphatic heterocycles. The summed E-state index contributed by atoms with van der Waals surface area (Å²) >= 11 is 6.36. The van der Waals surface area contributed by atoms with Crippen molar-refractivity contribution in [3.8, 4) is 5.75 Å². The summed E-state index contributed by atoms with van der Waals surface area (Å²) in [4.78, 5) is 3.99. The number of rotatable bonds is 4. The van der Waals surface area contributed by atoms with E-state index in [0.29, 0.717) is 11.6 Å². The lowest BCUT2D eigenvalue weighted by atomic mass is 10.1. The van der Waals surface area contributed by atoms with Gasteiger partial charge in [-0.25, -0.2) is 4.98 Å². The van der Waals surface area contributed by atoms with Crippen molar-refractivity contribution in [3.63, 3.8) is 0 Å². The van der Waals surface area contributed by atoms with Gasteiger partial charge in [0.05, 0.1) is 17.9 Å². The first-order valence-electron chi connectivity index (χ1n) is 6.10. The van der Waals surface area contributed by atoms with Gasteiger partial charge in [-0.05, 0) is 11.5 Å². The van der Waals surface area contributed by atoms with E-state index in [9.17, 15) is 0 Å². The van der Waals surface area contributed by atoms with Crippen molar-refractivity contribution in [3.05, 3.63) is 60.1 Å². The highest BCUT2D eigenvalue weighted by Crippen LogP contribution is 2.32. The van der Waals surface area contributed by atoms with Crippen LogP contribution in [-0.2, 0) is 6.54 Å². The van der Waals surface area contributed by atoms with Crippen LogP contribution >= 0.6 is 11.6 Å². The average molecular weight is 273 g/mol. The predicted molar refractivity (Wildman–Crippen MR) is 76.7 cm³/mol. The van der Waals surface area contributed by atoms with Gasteiger partial charge in [0.1, 0.15) is 12.4 Å². The molecule has 0 unspecified atom stereocenters. The van der Waals surface area contributed by atoms with Gasteiger partial charge in [-0.3, -0.25) is 0 Å². The number of aromatic nitrogens is 2. The van der Waals surface area contributed by atoms with Gasteiger partial charge in [-0.2, -0.15) is 0 Å². The average Bonchev–Trinajstić information content (AvgIpc) is 2.95. The number of halogens is 1. The van der Waals surface area contributed by atoms with Crippen molar-refractivity contribution in [1.82, 2.24) is 9.55 Å². The molecule has 0 aliphatic carbocycles. The van der Waals surface area contributed by atoms with Crippen molar-refractivity contribution in [2.45, 2.75) is 6.54 Å². The fraction of sp³-hybridized carbons (Fsp3) is 0.133. The van der Waals surface area contributed by atoms with Gasteiger partial charge in [0.15, 0.2) is 0 Å². The van der Waals surface area contributed by atoms with Crippen LogP contribution in [0.4, 0.5) is 0 Å². The Hall–Kier alpha value is -2.00. The first kappa shape index (κ1) is 12.1. The van der Waals surface area contributed by atoms with Gasteiger partial charge in [0.2, 0.25) is 0 Å². The van der Waals surface area contributed by atoms with Gasteiger partial charge < -0.3 is 9.30 Å². The van der Waals surface area contributed by atoms with Crippen LogP contribution in [0.1, 0.15) is 0 Å². The number of hydrogen-bond acceptors (Lipinski definition) is 2. The molecule has 0 bridgehead atoms. The third kappa shape index (κ3) is 2.56. The second-order valence-electron chi connectivity index (χ2n) is 4.25. The van der Waals surface area contributed by atoms with Gasteiger partial charge >= 0.3 is 0 Å². The molecule has 4 heteroatoms. The summed E-state index contributed by atoms with van der Waals surface area (Å²) in [6, 6.07) is 11.9. The van der Waals surface area contributed by atoms with Gasteiger partial charge in [-0.15, -0.1) is 0 Å². The first-order valence-corrected chi connectivity index (χ1v) is 6.48. The van der Waals surface area contributed by atoms with Crippen molar-refractivity contribution in [2.75, 3.05) is 6.61 Å². The summed E-state index contributed by atoms with van der Waals surface area (Å²) in [6.45, 7) is 1.32. The molecule has 0 amide bonds. The zero-order chi connectivity index (χ0) is 13.1. The summed E-state index contributed by atoms with van der Waals surface area (Å²) in [5.41, 5.74) is 0. The topological polar surface area (TPSA) is 27.1 Å². The lowest BCUT2D eigenvalue weighted by molar-refractivity contribution is 0.299. The lowest BCUT2D eigenvalue weighted by Gasteiger charge is -2.10. The van der Waals surface area contributed by atoms with Crippen molar-refractivity contribution in [1.29, 1.82) is 0 Å². The number of hydrogen-bond donors (Lipinski definition) is 0. The zero-order valence-corrected chi connectivity index (χ0v) is 11.0. The Balaban J connectivity index is 1.76. The van der Waals surface area contributed by atoms with E-state index < -0.39 is 0 Å². The standard InChI is InChI=1S/C15H13ClN2O/c16-15-13-4-2-1-3-12(13)5-6-14(15)19-10-9-18-8-7-17-11-18/h1-8,11H,9-10H2. The monoisotopic (exact) mass is 272 g/mol. The highest BCUT2D eigenvalue weighted by Gasteiger charge is 2.06. The van der Waals surface area contributed by atoms with Gasteiger partial charge in [-0.1, -0.05) is 41.9 Å². The van der Waals surface area contributed by atoms with Crippen LogP contribution in [0.25, 0.3) is 10.8 Å². The van der Waals surface area contributed by atoms with E-state index >= 15 is 0 Å². The summed E-state index contributed by atoms with van der Waals surface area (Å²) in [7, 11) is 0. The molecule has 0 saturated heterocycles. The SMILES string of the molecule is Clc1c(OCCn2ccnc2)ccc2ccccc12. The number of benzene rings is 2. The van der Waals surface area contributed by atoms with Crippen LogP contribution in [0.3, 0.4) is 0 Å². The number of nitrogens with zero attached hydrogens (tertiary/aromatic N) is 2. The molecule has 3 rings (SSSR count). The van der Waals surface area contributed by atoms with Crippen LogP contribution in [0, 0.1) is 0 Å². The van der Waals surface area contributed by atoms with Gasteiger partial charge in [0.25, 0.3) is 0 Å². The zero-order valence-electron chi connectivity index (χ0n) is 10.3. The second-order valence-corrected chi connectivity index (χ2v) is 4.63. The number of ether oxygens (including phenoxy) is 1. The molecule has 0 fully saturated rings. The Morgan fingerprint density at radius 3 is 2.89 bits per heavy atom. The highest BCUT2D eigenvalue weighted by atomic mass is 35.5. The Bertz CT molecular complexity index is 680. The largest absolute Gasteiger partial charge is 0.490 e. The van der Waals surface area contributed by atoms with E-state index in [2.05, 4.69) is 4.98 Å². The minimum atomic E-state index is 0.564. The van der Waals surface area contributed by atoms with Crippen LogP contribution in [0.5, 0.6) is 5.75 Å². The maximum Gasteiger partial charge on any atom is 0.138 e. The smallest absolute Gasteiger partial charge is 0.138 e. The highest BCUT2D eigenvalue weighted by molar-refractivity contribution is 6.37. The Morgan fingerprint density at radius 1 is 1.16 bits per heavy atom. The lowest BCUT2D eigenvalue weighted by Crippen LogP contribution is -2.06. The van der Waals surface area contributed by atoms with E-state index in [4.69, 9.17) is 16.3 Å². The number of imidazole rings is 1. The fourth-order valence-electron chi connectivity index (χ4n) is 2.01. The molecule has 96 valence electrons. The molecule has 3 aromatic rings. The molecule has 0 N–H and O–H groups in total. The molecule has 2 aromatic carbocycles. The normalized spacial score (nSPS) is 10.8. The molecular formula is C15H13ClN2O. The van der Waals surface area contributed by atoms with Crippen LogP contribution in [-0.4, -0.2) is 16.2 Å². The molecule has 1 heterocycles. The maximum atomic E-state index is 6.36. The third-order valence-corrected chi connectivity index (χ3v) is 3.38. The van der Waals surface area contributed by atoms with E-state index in [-0.39, 0.29) is 0 Å². The Kier molecular flexibility index (Phi) is 3.38. The van der Waals surface area contributed by atoms with E-state index in [1.165, 1.54) is 0 Å². The molecule has 19 heavy (non-hydrogen) atoms. The molecule has 0 saturated carbocycles. The van der Waals surface area contributed by atoms with E-state index in [0.717, 1.165) is 23.1 Å². The van der Waals surface area contributed by atoms with Crippen molar-refractivity contribution < 1.29 is 4.74 Å². The molecule has 0 aliphatic rings. The predicted octanol–water partition coefficient (Wildman–Crippen LogP) is 3.77. The van der Waals surface area contributed by atoms with Crippen LogP contribution in [0.2, 0.25) is 5.02 Å². The molecule has 0 spiro atoms.